The summed E-state index contributed by atoms with van der Waals surface area (Å²) in [6, 6.07) is 2.62. The number of nitrogens with one attached hydrogen (secondary N) is 1. The Morgan fingerprint density at radius 2 is 1.72 bits per heavy atom. The standard InChI is InChI=1S/C11H13N3O4/c1-3-4-5-12-11-9(13(15)16)6-8(2)7-10(11)14(17)18/h3-4,6-7,12H,5H2,1-2H3. The molecule has 0 fully saturated rings. The highest BCUT2D eigenvalue weighted by atomic mass is 16.6. The van der Waals surface area contributed by atoms with Crippen molar-refractivity contribution in [2.75, 3.05) is 11.9 Å². The quantitative estimate of drug-likeness (QED) is 0.492. The lowest BCUT2D eigenvalue weighted by Gasteiger charge is -2.06. The second kappa shape index (κ2) is 5.76. The number of rotatable bonds is 5. The topological polar surface area (TPSA) is 98.3 Å². The van der Waals surface area contributed by atoms with Crippen LogP contribution in [0.2, 0.25) is 0 Å². The van der Waals surface area contributed by atoms with Crippen molar-refractivity contribution in [1.82, 2.24) is 0 Å². The van der Waals surface area contributed by atoms with Crippen LogP contribution in [0.5, 0.6) is 0 Å². The molecule has 0 amide bonds. The summed E-state index contributed by atoms with van der Waals surface area (Å²) in [5.41, 5.74) is -0.156. The molecule has 0 unspecified atom stereocenters. The van der Waals surface area contributed by atoms with E-state index in [2.05, 4.69) is 5.32 Å². The Morgan fingerprint density at radius 1 is 1.22 bits per heavy atom. The Kier molecular flexibility index (Phi) is 4.36. The maximum Gasteiger partial charge on any atom is 0.299 e. The van der Waals surface area contributed by atoms with Gasteiger partial charge in [-0.05, 0) is 19.4 Å². The summed E-state index contributed by atoms with van der Waals surface area (Å²) in [5, 5.41) is 24.5. The van der Waals surface area contributed by atoms with Gasteiger partial charge in [0, 0.05) is 18.7 Å². The summed E-state index contributed by atoms with van der Waals surface area (Å²) in [6.07, 6.45) is 3.46. The number of anilines is 1. The van der Waals surface area contributed by atoms with Gasteiger partial charge < -0.3 is 5.32 Å². The molecule has 0 heterocycles. The zero-order chi connectivity index (χ0) is 13.7. The molecule has 7 heteroatoms. The third kappa shape index (κ3) is 3.03. The van der Waals surface area contributed by atoms with Gasteiger partial charge in [-0.15, -0.1) is 0 Å². The molecule has 0 aliphatic heterocycles. The van der Waals surface area contributed by atoms with Gasteiger partial charge in [0.1, 0.15) is 0 Å². The SMILES string of the molecule is CC=CCNc1c([N+](=O)[O-])cc(C)cc1[N+](=O)[O-]. The van der Waals surface area contributed by atoms with Crippen LogP contribution in [-0.4, -0.2) is 16.4 Å². The second-order valence-electron chi connectivity index (χ2n) is 3.64. The van der Waals surface area contributed by atoms with Gasteiger partial charge in [0.2, 0.25) is 0 Å². The number of nitrogens with zero attached hydrogens (tertiary/aromatic N) is 2. The van der Waals surface area contributed by atoms with E-state index in [0.717, 1.165) is 0 Å². The number of aryl methyl sites for hydroxylation is 1. The molecule has 0 radical (unpaired) electrons. The Balaban J connectivity index is 3.31. The first-order chi connectivity index (χ1) is 8.47. The van der Waals surface area contributed by atoms with Gasteiger partial charge >= 0.3 is 0 Å². The van der Waals surface area contributed by atoms with Crippen LogP contribution in [0.3, 0.4) is 0 Å². The van der Waals surface area contributed by atoms with Crippen molar-refractivity contribution in [1.29, 1.82) is 0 Å². The van der Waals surface area contributed by atoms with Crippen molar-refractivity contribution in [3.05, 3.63) is 50.1 Å². The highest BCUT2D eigenvalue weighted by molar-refractivity contribution is 5.74. The lowest BCUT2D eigenvalue weighted by Crippen LogP contribution is -2.06. The van der Waals surface area contributed by atoms with E-state index in [0.29, 0.717) is 12.1 Å². The number of benzene rings is 1. The number of hydrogen-bond acceptors (Lipinski definition) is 5. The molecule has 0 aliphatic rings. The van der Waals surface area contributed by atoms with Crippen molar-refractivity contribution < 1.29 is 9.85 Å². The van der Waals surface area contributed by atoms with Crippen molar-refractivity contribution in [3.8, 4) is 0 Å². The first kappa shape index (κ1) is 13.6. The number of nitro benzene ring substituents is 2. The molecule has 1 aromatic rings. The fourth-order valence-electron chi connectivity index (χ4n) is 1.50. The maximum atomic E-state index is 10.9. The van der Waals surface area contributed by atoms with Crippen molar-refractivity contribution in [2.45, 2.75) is 13.8 Å². The smallest absolute Gasteiger partial charge is 0.299 e. The van der Waals surface area contributed by atoms with Crippen LogP contribution in [0.1, 0.15) is 12.5 Å². The monoisotopic (exact) mass is 251 g/mol. The second-order valence-corrected chi connectivity index (χ2v) is 3.64. The van der Waals surface area contributed by atoms with Gasteiger partial charge in [-0.25, -0.2) is 0 Å². The number of hydrogen-bond donors (Lipinski definition) is 1. The molecule has 7 nitrogen and oxygen atoms in total. The van der Waals surface area contributed by atoms with Crippen LogP contribution in [0.4, 0.5) is 17.1 Å². The first-order valence-electron chi connectivity index (χ1n) is 5.25. The van der Waals surface area contributed by atoms with Crippen LogP contribution in [0.15, 0.2) is 24.3 Å². The van der Waals surface area contributed by atoms with Gasteiger partial charge in [0.05, 0.1) is 9.85 Å². The molecular weight excluding hydrogens is 238 g/mol. The first-order valence-corrected chi connectivity index (χ1v) is 5.25. The van der Waals surface area contributed by atoms with Crippen molar-refractivity contribution in [3.63, 3.8) is 0 Å². The average Bonchev–Trinajstić information content (AvgIpc) is 2.30. The van der Waals surface area contributed by atoms with Crippen molar-refractivity contribution in [2.24, 2.45) is 0 Å². The summed E-state index contributed by atoms with van der Waals surface area (Å²) >= 11 is 0. The molecule has 18 heavy (non-hydrogen) atoms. The molecule has 0 aliphatic carbocycles. The minimum Gasteiger partial charge on any atom is -0.370 e. The average molecular weight is 251 g/mol. The largest absolute Gasteiger partial charge is 0.370 e. The Morgan fingerprint density at radius 3 is 2.11 bits per heavy atom. The Hall–Kier alpha value is -2.44. The number of nitro groups is 2. The van der Waals surface area contributed by atoms with Gasteiger partial charge in [0.15, 0.2) is 5.69 Å². The summed E-state index contributed by atoms with van der Waals surface area (Å²) in [7, 11) is 0. The zero-order valence-corrected chi connectivity index (χ0v) is 10.0. The van der Waals surface area contributed by atoms with E-state index < -0.39 is 9.85 Å². The molecule has 0 atom stereocenters. The van der Waals surface area contributed by atoms with E-state index in [4.69, 9.17) is 0 Å². The van der Waals surface area contributed by atoms with Crippen LogP contribution >= 0.6 is 0 Å². The third-order valence-corrected chi connectivity index (χ3v) is 2.27. The number of allylic oxidation sites excluding steroid dienone is 1. The van der Waals surface area contributed by atoms with Crippen LogP contribution in [-0.2, 0) is 0 Å². The fourth-order valence-corrected chi connectivity index (χ4v) is 1.50. The predicted molar refractivity (Wildman–Crippen MR) is 67.8 cm³/mol. The van der Waals surface area contributed by atoms with Gasteiger partial charge in [-0.3, -0.25) is 20.2 Å². The normalized spacial score (nSPS) is 10.6. The molecule has 1 rings (SSSR count). The van der Waals surface area contributed by atoms with Crippen LogP contribution in [0.25, 0.3) is 0 Å². The van der Waals surface area contributed by atoms with E-state index in [-0.39, 0.29) is 17.1 Å². The Labute approximate surface area is 103 Å². The minimum absolute atomic E-state index is 0.0614. The van der Waals surface area contributed by atoms with Crippen LogP contribution in [0, 0.1) is 27.2 Å². The highest BCUT2D eigenvalue weighted by Crippen LogP contribution is 2.35. The molecule has 0 spiro atoms. The summed E-state index contributed by atoms with van der Waals surface area (Å²) in [5.74, 6) is 0. The van der Waals surface area contributed by atoms with Crippen LogP contribution < -0.4 is 5.32 Å². The van der Waals surface area contributed by atoms with Gasteiger partial charge in [-0.1, -0.05) is 12.2 Å². The summed E-state index contributed by atoms with van der Waals surface area (Å²) < 4.78 is 0. The van der Waals surface area contributed by atoms with E-state index in [9.17, 15) is 20.2 Å². The predicted octanol–water partition coefficient (Wildman–Crippen LogP) is 2.80. The zero-order valence-electron chi connectivity index (χ0n) is 10.0. The third-order valence-electron chi connectivity index (χ3n) is 2.27. The molecule has 1 N–H and O–H groups in total. The Bertz CT molecular complexity index is 476. The lowest BCUT2D eigenvalue weighted by molar-refractivity contribution is -0.392. The molecule has 0 aromatic heterocycles. The van der Waals surface area contributed by atoms with E-state index in [1.54, 1.807) is 26.0 Å². The minimum atomic E-state index is -0.627. The van der Waals surface area contributed by atoms with E-state index >= 15 is 0 Å². The molecule has 0 saturated heterocycles. The molecule has 96 valence electrons. The lowest BCUT2D eigenvalue weighted by atomic mass is 10.1. The highest BCUT2D eigenvalue weighted by Gasteiger charge is 2.25. The molecule has 1 aromatic carbocycles. The van der Waals surface area contributed by atoms with E-state index in [1.807, 2.05) is 0 Å². The fraction of sp³-hybridized carbons (Fsp3) is 0.273. The van der Waals surface area contributed by atoms with E-state index in [1.165, 1.54) is 12.1 Å². The molecular formula is C11H13N3O4. The molecule has 0 bridgehead atoms. The maximum absolute atomic E-state index is 10.9. The summed E-state index contributed by atoms with van der Waals surface area (Å²) in [6.45, 7) is 3.66. The van der Waals surface area contributed by atoms with Gasteiger partial charge in [-0.2, -0.15) is 0 Å². The van der Waals surface area contributed by atoms with Gasteiger partial charge in [0.25, 0.3) is 11.4 Å². The molecule has 0 saturated carbocycles. The summed E-state index contributed by atoms with van der Waals surface area (Å²) in [4.78, 5) is 20.6. The van der Waals surface area contributed by atoms with Crippen molar-refractivity contribution >= 4 is 17.1 Å².